The number of aromatic carboxylic acids is 1. The van der Waals surface area contributed by atoms with Crippen LogP contribution in [0.5, 0.6) is 0 Å². The van der Waals surface area contributed by atoms with Crippen molar-refractivity contribution in [1.29, 1.82) is 0 Å². The van der Waals surface area contributed by atoms with Crippen LogP contribution in [-0.4, -0.2) is 40.0 Å². The molecular weight excluding hydrogens is 259 g/mol. The zero-order chi connectivity index (χ0) is 14.6. The van der Waals surface area contributed by atoms with Gasteiger partial charge in [-0.1, -0.05) is 6.07 Å². The predicted molar refractivity (Wildman–Crippen MR) is 61.0 cm³/mol. The first kappa shape index (κ1) is 15.1. The Bertz CT molecular complexity index is 487. The second kappa shape index (κ2) is 6.26. The summed E-state index contributed by atoms with van der Waals surface area (Å²) in [6.07, 6.45) is -3.77. The lowest BCUT2D eigenvalue weighted by Crippen LogP contribution is -2.30. The van der Waals surface area contributed by atoms with Crippen molar-refractivity contribution in [2.24, 2.45) is 0 Å². The number of carbonyl (C=O) groups excluding carboxylic acids is 1. The molecule has 3 N–H and O–H groups in total. The van der Waals surface area contributed by atoms with Crippen LogP contribution in [0.1, 0.15) is 28.9 Å². The van der Waals surface area contributed by atoms with Crippen LogP contribution in [0.3, 0.4) is 0 Å². The number of esters is 1. The molecule has 19 heavy (non-hydrogen) atoms. The number of carboxylic acids is 1. The molecule has 6 nitrogen and oxygen atoms in total. The maximum Gasteiger partial charge on any atom is 0.338 e. The molecule has 0 saturated heterocycles. The molecule has 0 heterocycles. The standard InChI is InChI=1S/C12H13FO6/c1-2-19-12(18)10(15)9(14)7-4-3-6(11(16)17)5-8(7)13/h3-5,9-10,14-15H,2H2,1H3,(H,16,17). The van der Waals surface area contributed by atoms with Crippen LogP contribution in [0.25, 0.3) is 0 Å². The van der Waals surface area contributed by atoms with Crippen LogP contribution < -0.4 is 0 Å². The van der Waals surface area contributed by atoms with E-state index >= 15 is 0 Å². The lowest BCUT2D eigenvalue weighted by molar-refractivity contribution is -0.159. The summed E-state index contributed by atoms with van der Waals surface area (Å²) in [5, 5.41) is 27.8. The SMILES string of the molecule is CCOC(=O)C(O)C(O)c1ccc(C(=O)O)cc1F. The third kappa shape index (κ3) is 3.49. The number of rotatable bonds is 5. The van der Waals surface area contributed by atoms with E-state index in [2.05, 4.69) is 4.74 Å². The lowest BCUT2D eigenvalue weighted by atomic mass is 10.0. The average Bonchev–Trinajstić information content (AvgIpc) is 2.37. The quantitative estimate of drug-likeness (QED) is 0.673. The van der Waals surface area contributed by atoms with E-state index in [1.807, 2.05) is 0 Å². The van der Waals surface area contributed by atoms with E-state index in [-0.39, 0.29) is 17.7 Å². The highest BCUT2D eigenvalue weighted by Crippen LogP contribution is 2.22. The molecule has 1 rings (SSSR count). The Hall–Kier alpha value is -1.99. The highest BCUT2D eigenvalue weighted by Gasteiger charge is 2.29. The Balaban J connectivity index is 2.96. The third-order valence-electron chi connectivity index (χ3n) is 2.39. The number of carbonyl (C=O) groups is 2. The van der Waals surface area contributed by atoms with Gasteiger partial charge in [0.05, 0.1) is 12.2 Å². The second-order valence-corrected chi connectivity index (χ2v) is 3.68. The fourth-order valence-electron chi connectivity index (χ4n) is 1.43. The Morgan fingerprint density at radius 2 is 2.00 bits per heavy atom. The van der Waals surface area contributed by atoms with E-state index in [0.717, 1.165) is 12.1 Å². The van der Waals surface area contributed by atoms with Gasteiger partial charge in [0.15, 0.2) is 6.10 Å². The molecule has 1 aromatic rings. The first-order chi connectivity index (χ1) is 8.88. The zero-order valence-corrected chi connectivity index (χ0v) is 10.0. The molecule has 0 amide bonds. The van der Waals surface area contributed by atoms with Crippen LogP contribution in [0, 0.1) is 5.82 Å². The number of benzene rings is 1. The number of carboxylic acid groups (broad SMARTS) is 1. The van der Waals surface area contributed by atoms with Crippen LogP contribution in [0.15, 0.2) is 18.2 Å². The van der Waals surface area contributed by atoms with E-state index in [0.29, 0.717) is 6.07 Å². The summed E-state index contributed by atoms with van der Waals surface area (Å²) in [6, 6.07) is 2.74. The molecule has 7 heteroatoms. The summed E-state index contributed by atoms with van der Waals surface area (Å²) in [5.74, 6) is -3.45. The van der Waals surface area contributed by atoms with Gasteiger partial charge >= 0.3 is 11.9 Å². The monoisotopic (exact) mass is 272 g/mol. The first-order valence-corrected chi connectivity index (χ1v) is 5.44. The highest BCUT2D eigenvalue weighted by atomic mass is 19.1. The predicted octanol–water partition coefficient (Wildman–Crippen LogP) is 0.481. The maximum atomic E-state index is 13.6. The molecule has 0 fully saturated rings. The van der Waals surface area contributed by atoms with Crippen LogP contribution in [0.2, 0.25) is 0 Å². The number of hydrogen-bond donors (Lipinski definition) is 3. The summed E-state index contributed by atoms with van der Waals surface area (Å²) >= 11 is 0. The van der Waals surface area contributed by atoms with Gasteiger partial charge in [0, 0.05) is 5.56 Å². The van der Waals surface area contributed by atoms with Crippen LogP contribution in [-0.2, 0) is 9.53 Å². The lowest BCUT2D eigenvalue weighted by Gasteiger charge is -2.17. The fraction of sp³-hybridized carbons (Fsp3) is 0.333. The molecule has 1 aromatic carbocycles. The Morgan fingerprint density at radius 3 is 2.47 bits per heavy atom. The highest BCUT2D eigenvalue weighted by molar-refractivity contribution is 5.87. The minimum absolute atomic E-state index is 0.00302. The molecule has 0 aliphatic rings. The van der Waals surface area contributed by atoms with Crippen LogP contribution >= 0.6 is 0 Å². The average molecular weight is 272 g/mol. The third-order valence-corrected chi connectivity index (χ3v) is 2.39. The summed E-state index contributed by atoms with van der Waals surface area (Å²) < 4.78 is 18.1. The molecule has 0 saturated carbocycles. The van der Waals surface area contributed by atoms with Crippen LogP contribution in [0.4, 0.5) is 4.39 Å². The zero-order valence-electron chi connectivity index (χ0n) is 10.0. The molecular formula is C12H13FO6. The Labute approximate surface area is 108 Å². The van der Waals surface area contributed by atoms with E-state index in [1.165, 1.54) is 6.92 Å². The molecule has 2 atom stereocenters. The van der Waals surface area contributed by atoms with Gasteiger partial charge in [-0.05, 0) is 19.1 Å². The van der Waals surface area contributed by atoms with Gasteiger partial charge in [0.2, 0.25) is 0 Å². The van der Waals surface area contributed by atoms with Crippen molar-refractivity contribution in [2.75, 3.05) is 6.61 Å². The molecule has 104 valence electrons. The van der Waals surface area contributed by atoms with Crippen molar-refractivity contribution in [1.82, 2.24) is 0 Å². The number of ether oxygens (including phenoxy) is 1. The topological polar surface area (TPSA) is 104 Å². The number of halogens is 1. The Kier molecular flexibility index (Phi) is 4.96. The van der Waals surface area contributed by atoms with Crippen molar-refractivity contribution in [3.05, 3.63) is 35.1 Å². The number of aliphatic hydroxyl groups is 2. The van der Waals surface area contributed by atoms with Crippen molar-refractivity contribution in [3.63, 3.8) is 0 Å². The number of hydrogen-bond acceptors (Lipinski definition) is 5. The maximum absolute atomic E-state index is 13.6. The van der Waals surface area contributed by atoms with Gasteiger partial charge < -0.3 is 20.1 Å². The summed E-state index contributed by atoms with van der Waals surface area (Å²) in [5.41, 5.74) is -0.690. The van der Waals surface area contributed by atoms with E-state index in [9.17, 15) is 24.2 Å². The molecule has 0 spiro atoms. The summed E-state index contributed by atoms with van der Waals surface area (Å²) in [4.78, 5) is 21.8. The molecule has 0 aliphatic carbocycles. The van der Waals surface area contributed by atoms with E-state index in [4.69, 9.17) is 5.11 Å². The molecule has 0 bridgehead atoms. The van der Waals surface area contributed by atoms with E-state index < -0.39 is 30.0 Å². The summed E-state index contributed by atoms with van der Waals surface area (Å²) in [7, 11) is 0. The first-order valence-electron chi connectivity index (χ1n) is 5.44. The minimum Gasteiger partial charge on any atom is -0.478 e. The smallest absolute Gasteiger partial charge is 0.338 e. The van der Waals surface area contributed by atoms with Crippen molar-refractivity contribution in [2.45, 2.75) is 19.1 Å². The van der Waals surface area contributed by atoms with Crippen molar-refractivity contribution < 1.29 is 34.0 Å². The minimum atomic E-state index is -1.94. The van der Waals surface area contributed by atoms with Crippen molar-refractivity contribution in [3.8, 4) is 0 Å². The van der Waals surface area contributed by atoms with E-state index in [1.54, 1.807) is 0 Å². The fourth-order valence-corrected chi connectivity index (χ4v) is 1.43. The Morgan fingerprint density at radius 1 is 1.37 bits per heavy atom. The van der Waals surface area contributed by atoms with Gasteiger partial charge in [0.1, 0.15) is 11.9 Å². The molecule has 2 unspecified atom stereocenters. The van der Waals surface area contributed by atoms with Crippen molar-refractivity contribution >= 4 is 11.9 Å². The van der Waals surface area contributed by atoms with Gasteiger partial charge in [-0.2, -0.15) is 0 Å². The molecule has 0 aromatic heterocycles. The molecule has 0 radical (unpaired) electrons. The van der Waals surface area contributed by atoms with Gasteiger partial charge in [-0.25, -0.2) is 14.0 Å². The molecule has 0 aliphatic heterocycles. The van der Waals surface area contributed by atoms with Gasteiger partial charge in [0.25, 0.3) is 0 Å². The van der Waals surface area contributed by atoms with Gasteiger partial charge in [-0.15, -0.1) is 0 Å². The van der Waals surface area contributed by atoms with Gasteiger partial charge in [-0.3, -0.25) is 0 Å². The number of aliphatic hydroxyl groups excluding tert-OH is 2. The second-order valence-electron chi connectivity index (χ2n) is 3.68. The largest absolute Gasteiger partial charge is 0.478 e. The summed E-state index contributed by atoms with van der Waals surface area (Å²) in [6.45, 7) is 1.52. The normalized spacial score (nSPS) is 13.7.